The van der Waals surface area contributed by atoms with E-state index in [1.165, 1.54) is 4.68 Å². The first kappa shape index (κ1) is 9.51. The third kappa shape index (κ3) is 1.75. The Morgan fingerprint density at radius 3 is 2.93 bits per heavy atom. The van der Waals surface area contributed by atoms with Crippen LogP contribution in [-0.2, 0) is 19.3 Å². The van der Waals surface area contributed by atoms with Crippen LogP contribution in [0.2, 0.25) is 0 Å². The van der Waals surface area contributed by atoms with E-state index in [9.17, 15) is 13.2 Å². The van der Waals surface area contributed by atoms with Gasteiger partial charge in [0.15, 0.2) is 5.69 Å². The van der Waals surface area contributed by atoms with Gasteiger partial charge in [-0.1, -0.05) is 0 Å². The SMILES string of the molecule is FC(F)(F)c1cc2n(n1)CCCNC2. The van der Waals surface area contributed by atoms with Gasteiger partial charge in [-0.25, -0.2) is 0 Å². The minimum Gasteiger partial charge on any atom is -0.311 e. The van der Waals surface area contributed by atoms with Gasteiger partial charge in [0.2, 0.25) is 0 Å². The van der Waals surface area contributed by atoms with Crippen molar-refractivity contribution in [3.63, 3.8) is 0 Å². The molecule has 2 heterocycles. The molecule has 0 spiro atoms. The van der Waals surface area contributed by atoms with Gasteiger partial charge < -0.3 is 5.32 Å². The monoisotopic (exact) mass is 205 g/mol. The number of alkyl halides is 3. The second-order valence-electron chi connectivity index (χ2n) is 3.27. The van der Waals surface area contributed by atoms with E-state index in [0.29, 0.717) is 18.8 Å². The Balaban J connectivity index is 2.31. The summed E-state index contributed by atoms with van der Waals surface area (Å²) in [5, 5.41) is 6.57. The molecule has 1 N–H and O–H groups in total. The highest BCUT2D eigenvalue weighted by Gasteiger charge is 2.34. The number of fused-ring (bicyclic) bond motifs is 1. The van der Waals surface area contributed by atoms with E-state index in [-0.39, 0.29) is 0 Å². The molecule has 0 atom stereocenters. The largest absolute Gasteiger partial charge is 0.435 e. The number of nitrogens with one attached hydrogen (secondary N) is 1. The first-order valence-corrected chi connectivity index (χ1v) is 4.42. The quantitative estimate of drug-likeness (QED) is 0.693. The van der Waals surface area contributed by atoms with Crippen LogP contribution in [0.4, 0.5) is 13.2 Å². The van der Waals surface area contributed by atoms with Crippen LogP contribution in [-0.4, -0.2) is 16.3 Å². The van der Waals surface area contributed by atoms with Gasteiger partial charge in [0.05, 0.1) is 5.69 Å². The molecule has 1 aliphatic heterocycles. The number of aromatic nitrogens is 2. The molecule has 1 aromatic heterocycles. The number of halogens is 3. The maximum atomic E-state index is 12.3. The lowest BCUT2D eigenvalue weighted by atomic mass is 10.3. The fraction of sp³-hybridized carbons (Fsp3) is 0.625. The summed E-state index contributed by atoms with van der Waals surface area (Å²) in [7, 11) is 0. The summed E-state index contributed by atoms with van der Waals surface area (Å²) in [5.74, 6) is 0. The fourth-order valence-electron chi connectivity index (χ4n) is 1.50. The molecule has 1 aromatic rings. The molecule has 0 aromatic carbocycles. The van der Waals surface area contributed by atoms with Crippen molar-refractivity contribution in [1.29, 1.82) is 0 Å². The van der Waals surface area contributed by atoms with Crippen molar-refractivity contribution in [2.45, 2.75) is 25.7 Å². The average molecular weight is 205 g/mol. The summed E-state index contributed by atoms with van der Waals surface area (Å²) >= 11 is 0. The summed E-state index contributed by atoms with van der Waals surface area (Å²) in [6.07, 6.45) is -3.52. The number of nitrogens with zero attached hydrogens (tertiary/aromatic N) is 2. The zero-order valence-corrected chi connectivity index (χ0v) is 7.43. The summed E-state index contributed by atoms with van der Waals surface area (Å²) in [5.41, 5.74) is -0.189. The van der Waals surface area contributed by atoms with Crippen LogP contribution < -0.4 is 5.32 Å². The van der Waals surface area contributed by atoms with Crippen molar-refractivity contribution in [2.24, 2.45) is 0 Å². The molecule has 0 saturated carbocycles. The third-order valence-corrected chi connectivity index (χ3v) is 2.18. The Bertz CT molecular complexity index is 306. The van der Waals surface area contributed by atoms with Crippen LogP contribution in [0.25, 0.3) is 0 Å². The molecule has 0 fully saturated rings. The highest BCUT2D eigenvalue weighted by Crippen LogP contribution is 2.28. The summed E-state index contributed by atoms with van der Waals surface area (Å²) < 4.78 is 38.3. The van der Waals surface area contributed by atoms with E-state index in [1.807, 2.05) is 0 Å². The van der Waals surface area contributed by atoms with Crippen molar-refractivity contribution in [1.82, 2.24) is 15.1 Å². The first-order chi connectivity index (χ1) is 6.57. The van der Waals surface area contributed by atoms with Gasteiger partial charge in [-0.2, -0.15) is 18.3 Å². The lowest BCUT2D eigenvalue weighted by Gasteiger charge is -2.01. The Labute approximate surface area is 78.9 Å². The summed E-state index contributed by atoms with van der Waals surface area (Å²) in [4.78, 5) is 0. The van der Waals surface area contributed by atoms with Gasteiger partial charge in [0.25, 0.3) is 0 Å². The number of hydrogen-bond acceptors (Lipinski definition) is 2. The standard InChI is InChI=1S/C8H10F3N3/c9-8(10,11)7-4-6-5-12-2-1-3-14(6)13-7/h4,12H,1-3,5H2. The molecular weight excluding hydrogens is 195 g/mol. The maximum Gasteiger partial charge on any atom is 0.435 e. The predicted molar refractivity (Wildman–Crippen MR) is 43.6 cm³/mol. The average Bonchev–Trinajstić information content (AvgIpc) is 2.38. The Hall–Kier alpha value is -1.04. The molecule has 14 heavy (non-hydrogen) atoms. The third-order valence-electron chi connectivity index (χ3n) is 2.18. The molecule has 6 heteroatoms. The molecule has 3 nitrogen and oxygen atoms in total. The molecule has 78 valence electrons. The fourth-order valence-corrected chi connectivity index (χ4v) is 1.50. The molecule has 1 aliphatic rings. The molecule has 0 bridgehead atoms. The van der Waals surface area contributed by atoms with E-state index >= 15 is 0 Å². The van der Waals surface area contributed by atoms with Crippen molar-refractivity contribution in [2.75, 3.05) is 6.54 Å². The normalized spacial score (nSPS) is 17.6. The van der Waals surface area contributed by atoms with Gasteiger partial charge in [-0.3, -0.25) is 4.68 Å². The van der Waals surface area contributed by atoms with Crippen LogP contribution in [0.15, 0.2) is 6.07 Å². The topological polar surface area (TPSA) is 29.9 Å². The van der Waals surface area contributed by atoms with Crippen molar-refractivity contribution < 1.29 is 13.2 Å². The molecule has 0 radical (unpaired) electrons. The highest BCUT2D eigenvalue weighted by molar-refractivity contribution is 5.13. The Morgan fingerprint density at radius 1 is 1.43 bits per heavy atom. The molecule has 2 rings (SSSR count). The summed E-state index contributed by atoms with van der Waals surface area (Å²) in [6, 6.07) is 1.11. The van der Waals surface area contributed by atoms with E-state index in [2.05, 4.69) is 10.4 Å². The molecular formula is C8H10F3N3. The van der Waals surface area contributed by atoms with Gasteiger partial charge in [-0.15, -0.1) is 0 Å². The maximum absolute atomic E-state index is 12.3. The Morgan fingerprint density at radius 2 is 2.21 bits per heavy atom. The number of aryl methyl sites for hydroxylation is 1. The second kappa shape index (κ2) is 3.27. The van der Waals surface area contributed by atoms with Gasteiger partial charge in [-0.05, 0) is 19.0 Å². The molecule has 0 aliphatic carbocycles. The predicted octanol–water partition coefficient (Wildman–Crippen LogP) is 1.40. The highest BCUT2D eigenvalue weighted by atomic mass is 19.4. The van der Waals surface area contributed by atoms with Gasteiger partial charge in [0, 0.05) is 13.1 Å². The van der Waals surface area contributed by atoms with Crippen molar-refractivity contribution >= 4 is 0 Å². The van der Waals surface area contributed by atoms with Gasteiger partial charge >= 0.3 is 6.18 Å². The van der Waals surface area contributed by atoms with Crippen LogP contribution in [0.5, 0.6) is 0 Å². The molecule has 0 unspecified atom stereocenters. The minimum atomic E-state index is -4.33. The van der Waals surface area contributed by atoms with Crippen LogP contribution in [0.3, 0.4) is 0 Å². The zero-order chi connectivity index (χ0) is 10.2. The van der Waals surface area contributed by atoms with Crippen LogP contribution in [0, 0.1) is 0 Å². The second-order valence-corrected chi connectivity index (χ2v) is 3.27. The minimum absolute atomic E-state index is 0.461. The van der Waals surface area contributed by atoms with E-state index in [4.69, 9.17) is 0 Å². The molecule has 0 saturated heterocycles. The lowest BCUT2D eigenvalue weighted by molar-refractivity contribution is -0.141. The van der Waals surface area contributed by atoms with Crippen LogP contribution >= 0.6 is 0 Å². The summed E-state index contributed by atoms with van der Waals surface area (Å²) in [6.45, 7) is 1.84. The van der Waals surface area contributed by atoms with Crippen molar-refractivity contribution in [3.8, 4) is 0 Å². The Kier molecular flexibility index (Phi) is 2.22. The smallest absolute Gasteiger partial charge is 0.311 e. The number of rotatable bonds is 0. The van der Waals surface area contributed by atoms with E-state index in [1.54, 1.807) is 0 Å². The van der Waals surface area contributed by atoms with Crippen LogP contribution in [0.1, 0.15) is 17.8 Å². The zero-order valence-electron chi connectivity index (χ0n) is 7.43. The van der Waals surface area contributed by atoms with Gasteiger partial charge in [0.1, 0.15) is 0 Å². The lowest BCUT2D eigenvalue weighted by Crippen LogP contribution is -2.12. The molecule has 0 amide bonds. The van der Waals surface area contributed by atoms with E-state index in [0.717, 1.165) is 19.0 Å². The first-order valence-electron chi connectivity index (χ1n) is 4.42. The number of hydrogen-bond donors (Lipinski definition) is 1. The van der Waals surface area contributed by atoms with Crippen molar-refractivity contribution in [3.05, 3.63) is 17.5 Å². The van der Waals surface area contributed by atoms with E-state index < -0.39 is 11.9 Å².